The molecule has 5 nitrogen and oxygen atoms in total. The third-order valence-corrected chi connectivity index (χ3v) is 3.33. The molecule has 0 amide bonds. The first-order valence-corrected chi connectivity index (χ1v) is 6.49. The van der Waals surface area contributed by atoms with Crippen LogP contribution in [0.4, 0.5) is 5.82 Å². The Kier molecular flexibility index (Phi) is 3.13. The normalized spacial score (nSPS) is 18.8. The fourth-order valence-electron chi connectivity index (χ4n) is 2.37. The van der Waals surface area contributed by atoms with Gasteiger partial charge in [0, 0.05) is 43.2 Å². The largest absolute Gasteiger partial charge is 0.355 e. The highest BCUT2D eigenvalue weighted by Crippen LogP contribution is 2.23. The first-order chi connectivity index (χ1) is 9.22. The Hall–Kier alpha value is -2.01. The topological polar surface area (TPSA) is 67.9 Å². The van der Waals surface area contributed by atoms with Crippen LogP contribution in [0.3, 0.4) is 0 Å². The summed E-state index contributed by atoms with van der Waals surface area (Å²) < 4.78 is 0. The van der Waals surface area contributed by atoms with E-state index in [1.807, 2.05) is 31.3 Å². The number of anilines is 1. The number of rotatable bonds is 2. The molecule has 1 aliphatic heterocycles. The standard InChI is InChI=1S/C14H17N5/c1-10-17-13(11-3-2-5-16-8-11)7-14(18-10)19-6-4-12(15)9-19/h2-3,5,7-8,12H,4,6,9,15H2,1H3. The molecule has 2 N–H and O–H groups in total. The van der Waals surface area contributed by atoms with E-state index in [1.54, 1.807) is 6.20 Å². The molecule has 0 saturated carbocycles. The first-order valence-electron chi connectivity index (χ1n) is 6.49. The molecule has 98 valence electrons. The second kappa shape index (κ2) is 4.93. The predicted molar refractivity (Wildman–Crippen MR) is 74.8 cm³/mol. The van der Waals surface area contributed by atoms with Gasteiger partial charge in [0.05, 0.1) is 5.69 Å². The van der Waals surface area contributed by atoms with E-state index in [-0.39, 0.29) is 6.04 Å². The first kappa shape index (κ1) is 12.0. The Morgan fingerprint density at radius 3 is 2.95 bits per heavy atom. The van der Waals surface area contributed by atoms with Crippen molar-refractivity contribution in [3.05, 3.63) is 36.4 Å². The minimum Gasteiger partial charge on any atom is -0.355 e. The third kappa shape index (κ3) is 2.56. The van der Waals surface area contributed by atoms with Crippen molar-refractivity contribution in [1.82, 2.24) is 15.0 Å². The molecule has 2 aromatic heterocycles. The average Bonchev–Trinajstić information content (AvgIpc) is 2.86. The van der Waals surface area contributed by atoms with Crippen LogP contribution in [0.25, 0.3) is 11.3 Å². The lowest BCUT2D eigenvalue weighted by molar-refractivity contribution is 0.751. The van der Waals surface area contributed by atoms with Gasteiger partial charge < -0.3 is 10.6 Å². The lowest BCUT2D eigenvalue weighted by Crippen LogP contribution is -2.27. The van der Waals surface area contributed by atoms with Gasteiger partial charge in [-0.2, -0.15) is 0 Å². The molecule has 0 spiro atoms. The number of hydrogen-bond donors (Lipinski definition) is 1. The van der Waals surface area contributed by atoms with Crippen LogP contribution in [0.1, 0.15) is 12.2 Å². The van der Waals surface area contributed by atoms with E-state index >= 15 is 0 Å². The molecule has 1 saturated heterocycles. The van der Waals surface area contributed by atoms with Crippen LogP contribution in [-0.4, -0.2) is 34.1 Å². The van der Waals surface area contributed by atoms with Crippen LogP contribution in [0.15, 0.2) is 30.6 Å². The maximum absolute atomic E-state index is 5.95. The number of nitrogens with two attached hydrogens (primary N) is 1. The van der Waals surface area contributed by atoms with Gasteiger partial charge in [-0.1, -0.05) is 0 Å². The van der Waals surface area contributed by atoms with Gasteiger partial charge in [-0.05, 0) is 25.5 Å². The summed E-state index contributed by atoms with van der Waals surface area (Å²) in [5, 5.41) is 0. The fraction of sp³-hybridized carbons (Fsp3) is 0.357. The number of nitrogens with zero attached hydrogens (tertiary/aromatic N) is 4. The summed E-state index contributed by atoms with van der Waals surface area (Å²) in [6.45, 7) is 3.74. The lowest BCUT2D eigenvalue weighted by atomic mass is 10.2. The highest BCUT2D eigenvalue weighted by atomic mass is 15.2. The summed E-state index contributed by atoms with van der Waals surface area (Å²) >= 11 is 0. The van der Waals surface area contributed by atoms with E-state index in [2.05, 4.69) is 19.9 Å². The van der Waals surface area contributed by atoms with Crippen LogP contribution >= 0.6 is 0 Å². The summed E-state index contributed by atoms with van der Waals surface area (Å²) in [7, 11) is 0. The molecule has 0 aliphatic carbocycles. The molecule has 2 aromatic rings. The Bertz CT molecular complexity index is 569. The molecule has 3 heterocycles. The van der Waals surface area contributed by atoms with Gasteiger partial charge in [-0.15, -0.1) is 0 Å². The Morgan fingerprint density at radius 2 is 2.26 bits per heavy atom. The Labute approximate surface area is 112 Å². The molecule has 1 atom stereocenters. The summed E-state index contributed by atoms with van der Waals surface area (Å²) in [4.78, 5) is 15.4. The quantitative estimate of drug-likeness (QED) is 0.878. The molecule has 1 fully saturated rings. The number of pyridine rings is 1. The number of aromatic nitrogens is 3. The minimum absolute atomic E-state index is 0.247. The molecule has 1 aliphatic rings. The van der Waals surface area contributed by atoms with Gasteiger partial charge in [0.1, 0.15) is 11.6 Å². The van der Waals surface area contributed by atoms with Gasteiger partial charge in [0.2, 0.25) is 0 Å². The van der Waals surface area contributed by atoms with Crippen LogP contribution in [-0.2, 0) is 0 Å². The zero-order valence-corrected chi connectivity index (χ0v) is 11.0. The molecule has 1 unspecified atom stereocenters. The van der Waals surface area contributed by atoms with Crippen molar-refractivity contribution in [3.8, 4) is 11.3 Å². The highest BCUT2D eigenvalue weighted by Gasteiger charge is 2.21. The van der Waals surface area contributed by atoms with Crippen molar-refractivity contribution in [3.63, 3.8) is 0 Å². The van der Waals surface area contributed by atoms with Crippen molar-refractivity contribution in [2.24, 2.45) is 5.73 Å². The van der Waals surface area contributed by atoms with Gasteiger partial charge in [0.25, 0.3) is 0 Å². The van der Waals surface area contributed by atoms with Crippen LogP contribution in [0.2, 0.25) is 0 Å². The van der Waals surface area contributed by atoms with E-state index in [1.165, 1.54) is 0 Å². The zero-order valence-electron chi connectivity index (χ0n) is 11.0. The molecule has 0 radical (unpaired) electrons. The van der Waals surface area contributed by atoms with Gasteiger partial charge >= 0.3 is 0 Å². The summed E-state index contributed by atoms with van der Waals surface area (Å²) in [5.41, 5.74) is 7.88. The van der Waals surface area contributed by atoms with Gasteiger partial charge in [-0.25, -0.2) is 9.97 Å². The predicted octanol–water partition coefficient (Wildman–Crippen LogP) is 1.38. The molecule has 3 rings (SSSR count). The molecule has 19 heavy (non-hydrogen) atoms. The molecular formula is C14H17N5. The second-order valence-electron chi connectivity index (χ2n) is 4.90. The number of hydrogen-bond acceptors (Lipinski definition) is 5. The molecule has 5 heteroatoms. The van der Waals surface area contributed by atoms with E-state index in [4.69, 9.17) is 5.73 Å². The van der Waals surface area contributed by atoms with Crippen molar-refractivity contribution in [1.29, 1.82) is 0 Å². The molecular weight excluding hydrogens is 238 g/mol. The highest BCUT2D eigenvalue weighted by molar-refractivity contribution is 5.62. The molecule has 0 bridgehead atoms. The van der Waals surface area contributed by atoms with E-state index in [0.717, 1.165) is 42.4 Å². The fourth-order valence-corrected chi connectivity index (χ4v) is 2.37. The Morgan fingerprint density at radius 1 is 1.37 bits per heavy atom. The van der Waals surface area contributed by atoms with Crippen LogP contribution in [0.5, 0.6) is 0 Å². The van der Waals surface area contributed by atoms with Crippen LogP contribution in [0, 0.1) is 6.92 Å². The lowest BCUT2D eigenvalue weighted by Gasteiger charge is -2.18. The van der Waals surface area contributed by atoms with Gasteiger partial charge in [-0.3, -0.25) is 4.98 Å². The van der Waals surface area contributed by atoms with Crippen molar-refractivity contribution < 1.29 is 0 Å². The summed E-state index contributed by atoms with van der Waals surface area (Å²) in [5.74, 6) is 1.73. The zero-order chi connectivity index (χ0) is 13.2. The van der Waals surface area contributed by atoms with Crippen molar-refractivity contribution in [2.45, 2.75) is 19.4 Å². The third-order valence-electron chi connectivity index (χ3n) is 3.33. The minimum atomic E-state index is 0.247. The average molecular weight is 255 g/mol. The summed E-state index contributed by atoms with van der Waals surface area (Å²) in [6.07, 6.45) is 4.60. The van der Waals surface area contributed by atoms with Crippen molar-refractivity contribution >= 4 is 5.82 Å². The summed E-state index contributed by atoms with van der Waals surface area (Å²) in [6, 6.07) is 6.19. The monoisotopic (exact) mass is 255 g/mol. The maximum Gasteiger partial charge on any atom is 0.132 e. The maximum atomic E-state index is 5.95. The van der Waals surface area contributed by atoms with Gasteiger partial charge in [0.15, 0.2) is 0 Å². The van der Waals surface area contributed by atoms with E-state index < -0.39 is 0 Å². The van der Waals surface area contributed by atoms with Crippen LogP contribution < -0.4 is 10.6 Å². The van der Waals surface area contributed by atoms with Crippen molar-refractivity contribution in [2.75, 3.05) is 18.0 Å². The Balaban J connectivity index is 1.97. The van der Waals surface area contributed by atoms with E-state index in [9.17, 15) is 0 Å². The smallest absolute Gasteiger partial charge is 0.132 e. The molecule has 0 aromatic carbocycles. The number of aryl methyl sites for hydroxylation is 1. The SMILES string of the molecule is Cc1nc(-c2cccnc2)cc(N2CCC(N)C2)n1. The van der Waals surface area contributed by atoms with E-state index in [0.29, 0.717) is 0 Å². The second-order valence-corrected chi connectivity index (χ2v) is 4.90.